The Kier molecular flexibility index (Phi) is 8.82. The van der Waals surface area contributed by atoms with E-state index in [1.54, 1.807) is 6.92 Å². The summed E-state index contributed by atoms with van der Waals surface area (Å²) in [4.78, 5) is 1.26. The van der Waals surface area contributed by atoms with Gasteiger partial charge in [0.05, 0.1) is 6.54 Å². The number of hydrogen-bond donors (Lipinski definition) is 1. The minimum absolute atomic E-state index is 0. The molecule has 0 aromatic carbocycles. The smallest absolute Gasteiger partial charge is 0.396 e. The van der Waals surface area contributed by atoms with Crippen LogP contribution in [0.15, 0.2) is 0 Å². The van der Waals surface area contributed by atoms with Crippen molar-refractivity contribution >= 4 is 12.4 Å². The van der Waals surface area contributed by atoms with E-state index in [2.05, 4.69) is 0 Å². The first-order chi connectivity index (χ1) is 5.49. The molecule has 0 amide bonds. The Morgan fingerprint density at radius 3 is 2.15 bits per heavy atom. The largest absolute Gasteiger partial charge is 0.401 e. The molecule has 6 heteroatoms. The van der Waals surface area contributed by atoms with Gasteiger partial charge in [0.25, 0.3) is 0 Å². The summed E-state index contributed by atoms with van der Waals surface area (Å²) in [7, 11) is 0. The molecule has 0 rings (SSSR count). The fourth-order valence-electron chi connectivity index (χ4n) is 0.897. The Morgan fingerprint density at radius 2 is 1.85 bits per heavy atom. The van der Waals surface area contributed by atoms with Crippen molar-refractivity contribution in [3.05, 3.63) is 0 Å². The van der Waals surface area contributed by atoms with Gasteiger partial charge in [-0.2, -0.15) is 13.2 Å². The molecule has 0 radical (unpaired) electrons. The lowest BCUT2D eigenvalue weighted by Gasteiger charge is -2.21. The molecule has 13 heavy (non-hydrogen) atoms. The van der Waals surface area contributed by atoms with Gasteiger partial charge in [0.15, 0.2) is 0 Å². The Morgan fingerprint density at radius 1 is 1.31 bits per heavy atom. The highest BCUT2D eigenvalue weighted by Crippen LogP contribution is 2.16. The van der Waals surface area contributed by atoms with Gasteiger partial charge in [0, 0.05) is 13.2 Å². The van der Waals surface area contributed by atoms with Crippen molar-refractivity contribution < 1.29 is 18.3 Å². The zero-order valence-corrected chi connectivity index (χ0v) is 8.29. The van der Waals surface area contributed by atoms with Crippen LogP contribution >= 0.6 is 12.4 Å². The van der Waals surface area contributed by atoms with Gasteiger partial charge in [-0.05, 0) is 13.0 Å². The standard InChI is InChI=1S/C7H14F3NO.ClH/c1-2-11(4-3-5-12)6-7(8,9)10;/h12H,2-6H2,1H3;1H. The minimum Gasteiger partial charge on any atom is -0.396 e. The highest BCUT2D eigenvalue weighted by Gasteiger charge is 2.29. The number of rotatable bonds is 5. The van der Waals surface area contributed by atoms with E-state index in [9.17, 15) is 13.2 Å². The third-order valence-corrected chi connectivity index (χ3v) is 1.48. The number of aliphatic hydroxyl groups excluding tert-OH is 1. The van der Waals surface area contributed by atoms with E-state index in [0.717, 1.165) is 0 Å². The van der Waals surface area contributed by atoms with E-state index in [0.29, 0.717) is 19.5 Å². The molecule has 0 aliphatic carbocycles. The maximum absolute atomic E-state index is 11.8. The molecule has 2 nitrogen and oxygen atoms in total. The van der Waals surface area contributed by atoms with Crippen molar-refractivity contribution in [3.63, 3.8) is 0 Å². The van der Waals surface area contributed by atoms with Gasteiger partial charge in [0.1, 0.15) is 0 Å². The summed E-state index contributed by atoms with van der Waals surface area (Å²) in [5, 5.41) is 8.40. The highest BCUT2D eigenvalue weighted by atomic mass is 35.5. The van der Waals surface area contributed by atoms with Crippen LogP contribution in [-0.2, 0) is 0 Å². The number of halogens is 4. The van der Waals surface area contributed by atoms with E-state index < -0.39 is 12.7 Å². The van der Waals surface area contributed by atoms with Crippen molar-refractivity contribution in [3.8, 4) is 0 Å². The van der Waals surface area contributed by atoms with Gasteiger partial charge >= 0.3 is 6.18 Å². The van der Waals surface area contributed by atoms with E-state index >= 15 is 0 Å². The van der Waals surface area contributed by atoms with E-state index in [4.69, 9.17) is 5.11 Å². The third-order valence-electron chi connectivity index (χ3n) is 1.48. The summed E-state index contributed by atoms with van der Waals surface area (Å²) >= 11 is 0. The second-order valence-corrected chi connectivity index (χ2v) is 2.56. The summed E-state index contributed by atoms with van der Waals surface area (Å²) in [5.41, 5.74) is 0. The van der Waals surface area contributed by atoms with Crippen molar-refractivity contribution in [1.29, 1.82) is 0 Å². The molecular formula is C7H15ClF3NO. The first kappa shape index (κ1) is 15.5. The van der Waals surface area contributed by atoms with Crippen molar-refractivity contribution in [2.75, 3.05) is 26.2 Å². The summed E-state index contributed by atoms with van der Waals surface area (Å²) in [5.74, 6) is 0. The van der Waals surface area contributed by atoms with Crippen molar-refractivity contribution in [2.24, 2.45) is 0 Å². The van der Waals surface area contributed by atoms with Crippen molar-refractivity contribution in [1.82, 2.24) is 4.90 Å². The number of hydrogen-bond acceptors (Lipinski definition) is 2. The molecule has 0 aliphatic heterocycles. The molecule has 0 heterocycles. The number of nitrogens with zero attached hydrogens (tertiary/aromatic N) is 1. The number of aliphatic hydroxyl groups is 1. The molecule has 0 fully saturated rings. The first-order valence-electron chi connectivity index (χ1n) is 3.89. The lowest BCUT2D eigenvalue weighted by atomic mass is 10.4. The molecule has 82 valence electrons. The minimum atomic E-state index is -4.13. The van der Waals surface area contributed by atoms with Crippen LogP contribution in [0.3, 0.4) is 0 Å². The lowest BCUT2D eigenvalue weighted by Crippen LogP contribution is -2.35. The van der Waals surface area contributed by atoms with Crippen LogP contribution in [0.25, 0.3) is 0 Å². The van der Waals surface area contributed by atoms with Crippen LogP contribution in [0, 0.1) is 0 Å². The SMILES string of the molecule is CCN(CCCO)CC(F)(F)F.Cl. The van der Waals surface area contributed by atoms with Crippen LogP contribution < -0.4 is 0 Å². The maximum atomic E-state index is 11.8. The predicted molar refractivity (Wildman–Crippen MR) is 47.1 cm³/mol. The summed E-state index contributed by atoms with van der Waals surface area (Å²) in [6, 6.07) is 0. The molecular weight excluding hydrogens is 207 g/mol. The van der Waals surface area contributed by atoms with Crippen LogP contribution in [0.1, 0.15) is 13.3 Å². The number of alkyl halides is 3. The normalized spacial score (nSPS) is 11.5. The molecule has 0 aromatic rings. The van der Waals surface area contributed by atoms with Gasteiger partial charge in [0.2, 0.25) is 0 Å². The molecule has 0 unspecified atom stereocenters. The molecule has 0 saturated carbocycles. The van der Waals surface area contributed by atoms with E-state index in [1.807, 2.05) is 0 Å². The first-order valence-corrected chi connectivity index (χ1v) is 3.89. The highest BCUT2D eigenvalue weighted by molar-refractivity contribution is 5.85. The average Bonchev–Trinajstić information content (AvgIpc) is 1.95. The second kappa shape index (κ2) is 7.41. The summed E-state index contributed by atoms with van der Waals surface area (Å²) in [6.07, 6.45) is -3.74. The topological polar surface area (TPSA) is 23.5 Å². The van der Waals surface area contributed by atoms with Crippen LogP contribution in [0.2, 0.25) is 0 Å². The maximum Gasteiger partial charge on any atom is 0.401 e. The van der Waals surface area contributed by atoms with Crippen LogP contribution in [0.5, 0.6) is 0 Å². The Balaban J connectivity index is 0. The second-order valence-electron chi connectivity index (χ2n) is 2.56. The fourth-order valence-corrected chi connectivity index (χ4v) is 0.897. The van der Waals surface area contributed by atoms with Gasteiger partial charge in [-0.3, -0.25) is 4.90 Å². The van der Waals surface area contributed by atoms with Crippen LogP contribution in [0.4, 0.5) is 13.2 Å². The molecule has 0 aliphatic rings. The average molecular weight is 222 g/mol. The van der Waals surface area contributed by atoms with Gasteiger partial charge < -0.3 is 5.11 Å². The lowest BCUT2D eigenvalue weighted by molar-refractivity contribution is -0.145. The molecule has 0 aromatic heterocycles. The Hall–Kier alpha value is -0.0000000000000000555. The zero-order valence-electron chi connectivity index (χ0n) is 7.47. The van der Waals surface area contributed by atoms with Gasteiger partial charge in [-0.25, -0.2) is 0 Å². The molecule has 1 N–H and O–H groups in total. The molecule has 0 atom stereocenters. The van der Waals surface area contributed by atoms with E-state index in [1.165, 1.54) is 4.90 Å². The Labute approximate surface area is 82.1 Å². The monoisotopic (exact) mass is 221 g/mol. The molecule has 0 bridgehead atoms. The fraction of sp³-hybridized carbons (Fsp3) is 1.00. The zero-order chi connectivity index (χ0) is 9.61. The summed E-state index contributed by atoms with van der Waals surface area (Å²) < 4.78 is 35.4. The molecule has 0 saturated heterocycles. The van der Waals surface area contributed by atoms with Gasteiger partial charge in [-0.1, -0.05) is 6.92 Å². The third kappa shape index (κ3) is 9.92. The summed E-state index contributed by atoms with van der Waals surface area (Å²) in [6.45, 7) is 1.38. The van der Waals surface area contributed by atoms with E-state index in [-0.39, 0.29) is 19.0 Å². The van der Waals surface area contributed by atoms with Crippen LogP contribution in [-0.4, -0.2) is 42.4 Å². The predicted octanol–water partition coefficient (Wildman–Crippen LogP) is 1.67. The van der Waals surface area contributed by atoms with Gasteiger partial charge in [-0.15, -0.1) is 12.4 Å². The molecule has 0 spiro atoms. The van der Waals surface area contributed by atoms with Crippen molar-refractivity contribution in [2.45, 2.75) is 19.5 Å². The quantitative estimate of drug-likeness (QED) is 0.764. The Bertz CT molecular complexity index is 121.